The van der Waals surface area contributed by atoms with Crippen LogP contribution in [0.3, 0.4) is 0 Å². The zero-order chi connectivity index (χ0) is 14.8. The van der Waals surface area contributed by atoms with Crippen molar-refractivity contribution in [2.45, 2.75) is 90.1 Å². The van der Waals surface area contributed by atoms with Gasteiger partial charge in [-0.15, -0.1) is 0 Å². The molecule has 0 aliphatic heterocycles. The Morgan fingerprint density at radius 1 is 0.952 bits per heavy atom. The second-order valence-electron chi connectivity index (χ2n) is 6.60. The zero-order valence-corrected chi connectivity index (χ0v) is 13.7. The van der Waals surface area contributed by atoms with Gasteiger partial charge in [-0.3, -0.25) is 4.98 Å². The number of hydrogen-bond acceptors (Lipinski definition) is 2. The second kappa shape index (κ2) is 9.94. The van der Waals surface area contributed by atoms with Gasteiger partial charge in [-0.2, -0.15) is 0 Å². The topological polar surface area (TPSA) is 24.9 Å². The number of hydrogen-bond donors (Lipinski definition) is 1. The molecule has 1 aliphatic rings. The molecule has 1 aromatic heterocycles. The molecule has 1 N–H and O–H groups in total. The number of aryl methyl sites for hydroxylation is 1. The molecule has 1 aliphatic carbocycles. The molecule has 0 aromatic carbocycles. The first-order valence-electron chi connectivity index (χ1n) is 9.00. The van der Waals surface area contributed by atoms with E-state index >= 15 is 0 Å². The van der Waals surface area contributed by atoms with Gasteiger partial charge in [0.2, 0.25) is 0 Å². The van der Waals surface area contributed by atoms with Gasteiger partial charge in [-0.05, 0) is 31.4 Å². The van der Waals surface area contributed by atoms with Crippen molar-refractivity contribution >= 4 is 0 Å². The third kappa shape index (κ3) is 6.60. The molecule has 2 rings (SSSR count). The SMILES string of the molecule is Cc1cccnc1CNC1CCCCCCCCCCC1. The van der Waals surface area contributed by atoms with Crippen LogP contribution in [0.2, 0.25) is 0 Å². The summed E-state index contributed by atoms with van der Waals surface area (Å²) in [6.07, 6.45) is 17.4. The van der Waals surface area contributed by atoms with E-state index < -0.39 is 0 Å². The average molecular weight is 288 g/mol. The minimum Gasteiger partial charge on any atom is -0.308 e. The number of nitrogens with one attached hydrogen (secondary N) is 1. The molecule has 0 atom stereocenters. The Morgan fingerprint density at radius 3 is 2.10 bits per heavy atom. The van der Waals surface area contributed by atoms with Crippen molar-refractivity contribution in [2.24, 2.45) is 0 Å². The molecule has 0 saturated heterocycles. The van der Waals surface area contributed by atoms with Crippen LogP contribution < -0.4 is 5.32 Å². The van der Waals surface area contributed by atoms with Gasteiger partial charge in [0, 0.05) is 18.8 Å². The first-order valence-corrected chi connectivity index (χ1v) is 9.00. The van der Waals surface area contributed by atoms with Crippen LogP contribution in [-0.2, 0) is 6.54 Å². The molecular weight excluding hydrogens is 256 g/mol. The molecule has 0 amide bonds. The Balaban J connectivity index is 1.79. The first kappa shape index (κ1) is 16.5. The molecule has 0 spiro atoms. The predicted octanol–water partition coefficient (Wildman–Crippen LogP) is 5.15. The summed E-state index contributed by atoms with van der Waals surface area (Å²) in [5.74, 6) is 0. The summed E-state index contributed by atoms with van der Waals surface area (Å²) in [4.78, 5) is 4.50. The van der Waals surface area contributed by atoms with Crippen LogP contribution in [0.4, 0.5) is 0 Å². The van der Waals surface area contributed by atoms with E-state index in [1.54, 1.807) is 0 Å². The van der Waals surface area contributed by atoms with Crippen LogP contribution in [0.1, 0.15) is 81.9 Å². The van der Waals surface area contributed by atoms with Gasteiger partial charge < -0.3 is 5.32 Å². The Bertz CT molecular complexity index is 377. The van der Waals surface area contributed by atoms with E-state index in [0.717, 1.165) is 6.54 Å². The standard InChI is InChI=1S/C19H32N2/c1-17-12-11-15-20-19(17)16-21-18-13-9-7-5-3-2-4-6-8-10-14-18/h11-12,15,18,21H,2-10,13-14,16H2,1H3. The van der Waals surface area contributed by atoms with E-state index in [2.05, 4.69) is 23.3 Å². The van der Waals surface area contributed by atoms with Crippen molar-refractivity contribution in [2.75, 3.05) is 0 Å². The van der Waals surface area contributed by atoms with Crippen LogP contribution in [0, 0.1) is 6.92 Å². The van der Waals surface area contributed by atoms with Crippen molar-refractivity contribution in [1.29, 1.82) is 0 Å². The highest BCUT2D eigenvalue weighted by atomic mass is 14.9. The summed E-state index contributed by atoms with van der Waals surface area (Å²) in [7, 11) is 0. The second-order valence-corrected chi connectivity index (χ2v) is 6.60. The van der Waals surface area contributed by atoms with Crippen molar-refractivity contribution in [1.82, 2.24) is 10.3 Å². The van der Waals surface area contributed by atoms with E-state index in [9.17, 15) is 0 Å². The molecule has 0 unspecified atom stereocenters. The number of nitrogens with zero attached hydrogens (tertiary/aromatic N) is 1. The van der Waals surface area contributed by atoms with Crippen LogP contribution in [-0.4, -0.2) is 11.0 Å². The summed E-state index contributed by atoms with van der Waals surface area (Å²) in [5, 5.41) is 3.77. The number of pyridine rings is 1. The molecule has 2 heteroatoms. The average Bonchev–Trinajstić information content (AvgIpc) is 2.48. The fourth-order valence-corrected chi connectivity index (χ4v) is 3.31. The highest BCUT2D eigenvalue weighted by Gasteiger charge is 2.10. The molecule has 1 aromatic rings. The van der Waals surface area contributed by atoms with E-state index in [4.69, 9.17) is 0 Å². The largest absolute Gasteiger partial charge is 0.308 e. The molecule has 1 heterocycles. The van der Waals surface area contributed by atoms with E-state index in [1.165, 1.54) is 81.9 Å². The summed E-state index contributed by atoms with van der Waals surface area (Å²) in [6, 6.07) is 4.87. The van der Waals surface area contributed by atoms with Crippen LogP contribution in [0.15, 0.2) is 18.3 Å². The normalized spacial score (nSPS) is 19.7. The van der Waals surface area contributed by atoms with Gasteiger partial charge in [0.05, 0.1) is 5.69 Å². The van der Waals surface area contributed by atoms with Gasteiger partial charge >= 0.3 is 0 Å². The Kier molecular flexibility index (Phi) is 7.80. The smallest absolute Gasteiger partial charge is 0.0570 e. The molecule has 21 heavy (non-hydrogen) atoms. The van der Waals surface area contributed by atoms with Crippen LogP contribution >= 0.6 is 0 Å². The Labute approximate surface area is 130 Å². The number of rotatable bonds is 3. The maximum absolute atomic E-state index is 4.50. The lowest BCUT2D eigenvalue weighted by Gasteiger charge is -2.20. The van der Waals surface area contributed by atoms with E-state index in [-0.39, 0.29) is 0 Å². The monoisotopic (exact) mass is 288 g/mol. The van der Waals surface area contributed by atoms with Crippen LogP contribution in [0.25, 0.3) is 0 Å². The maximum Gasteiger partial charge on any atom is 0.0570 e. The minimum atomic E-state index is 0.686. The summed E-state index contributed by atoms with van der Waals surface area (Å²) in [5.41, 5.74) is 2.52. The molecule has 1 fully saturated rings. The van der Waals surface area contributed by atoms with Gasteiger partial charge in [0.15, 0.2) is 0 Å². The van der Waals surface area contributed by atoms with Crippen LogP contribution in [0.5, 0.6) is 0 Å². The fraction of sp³-hybridized carbons (Fsp3) is 0.737. The Morgan fingerprint density at radius 2 is 1.52 bits per heavy atom. The van der Waals surface area contributed by atoms with Crippen molar-refractivity contribution in [3.05, 3.63) is 29.6 Å². The lowest BCUT2D eigenvalue weighted by Crippen LogP contribution is -2.29. The van der Waals surface area contributed by atoms with E-state index in [0.29, 0.717) is 6.04 Å². The van der Waals surface area contributed by atoms with Gasteiger partial charge in [-0.25, -0.2) is 0 Å². The molecule has 0 radical (unpaired) electrons. The maximum atomic E-state index is 4.50. The highest BCUT2D eigenvalue weighted by molar-refractivity contribution is 5.17. The Hall–Kier alpha value is -0.890. The summed E-state index contributed by atoms with van der Waals surface area (Å²) >= 11 is 0. The molecule has 2 nitrogen and oxygen atoms in total. The quantitative estimate of drug-likeness (QED) is 0.831. The number of aromatic nitrogens is 1. The van der Waals surface area contributed by atoms with Crippen molar-refractivity contribution < 1.29 is 0 Å². The highest BCUT2D eigenvalue weighted by Crippen LogP contribution is 2.17. The fourth-order valence-electron chi connectivity index (χ4n) is 3.31. The summed E-state index contributed by atoms with van der Waals surface area (Å²) in [6.45, 7) is 3.09. The molecule has 0 bridgehead atoms. The minimum absolute atomic E-state index is 0.686. The third-order valence-electron chi connectivity index (χ3n) is 4.78. The first-order chi connectivity index (χ1) is 10.4. The zero-order valence-electron chi connectivity index (χ0n) is 13.7. The molecular formula is C19H32N2. The van der Waals surface area contributed by atoms with Gasteiger partial charge in [0.25, 0.3) is 0 Å². The van der Waals surface area contributed by atoms with Crippen molar-refractivity contribution in [3.8, 4) is 0 Å². The summed E-state index contributed by atoms with van der Waals surface area (Å²) < 4.78 is 0. The third-order valence-corrected chi connectivity index (χ3v) is 4.78. The van der Waals surface area contributed by atoms with E-state index in [1.807, 2.05) is 12.3 Å². The van der Waals surface area contributed by atoms with Gasteiger partial charge in [-0.1, -0.05) is 63.9 Å². The van der Waals surface area contributed by atoms with Gasteiger partial charge in [0.1, 0.15) is 0 Å². The predicted molar refractivity (Wildman–Crippen MR) is 90.4 cm³/mol. The molecule has 118 valence electrons. The lowest BCUT2D eigenvalue weighted by atomic mass is 9.98. The lowest BCUT2D eigenvalue weighted by molar-refractivity contribution is 0.401. The molecule has 1 saturated carbocycles. The van der Waals surface area contributed by atoms with Crippen molar-refractivity contribution in [3.63, 3.8) is 0 Å².